The number of phenols is 1. The molecule has 1 aromatic rings. The van der Waals surface area contributed by atoms with E-state index in [0.29, 0.717) is 23.8 Å². The van der Waals surface area contributed by atoms with E-state index in [0.717, 1.165) is 63.7 Å². The first kappa shape index (κ1) is 20.5. The first-order valence-electron chi connectivity index (χ1n) is 13.0. The first-order valence-corrected chi connectivity index (χ1v) is 13.0. The molecular weight excluding hydrogens is 418 g/mol. The van der Waals surface area contributed by atoms with Gasteiger partial charge in [0.15, 0.2) is 11.5 Å². The predicted octanol–water partition coefficient (Wildman–Crippen LogP) is 2.50. The summed E-state index contributed by atoms with van der Waals surface area (Å²) in [6.45, 7) is 7.35. The second-order valence-corrected chi connectivity index (χ2v) is 11.2. The molecule has 2 saturated carbocycles. The van der Waals surface area contributed by atoms with Crippen molar-refractivity contribution in [3.63, 3.8) is 0 Å². The number of benzene rings is 1. The molecule has 3 heterocycles. The monoisotopic (exact) mass is 453 g/mol. The van der Waals surface area contributed by atoms with E-state index in [9.17, 15) is 9.90 Å². The van der Waals surface area contributed by atoms with Crippen LogP contribution in [0.4, 0.5) is 5.69 Å². The first-order chi connectivity index (χ1) is 16.1. The lowest BCUT2D eigenvalue weighted by molar-refractivity contribution is -0.114. The Balaban J connectivity index is 1.36. The summed E-state index contributed by atoms with van der Waals surface area (Å²) in [5, 5.41) is 14.1. The van der Waals surface area contributed by atoms with Crippen molar-refractivity contribution in [3.05, 3.63) is 17.2 Å². The number of rotatable bonds is 4. The Labute approximate surface area is 195 Å². The van der Waals surface area contributed by atoms with Crippen LogP contribution in [0.3, 0.4) is 0 Å². The van der Waals surface area contributed by atoms with Crippen LogP contribution in [0.2, 0.25) is 0 Å². The SMILES string of the molecule is CC(=O)Nc1cc(O)c2c3c1C[C@@H]1[C@@H]4CC[C@@H](N5CCOCC5)[C@H](O2)[C@]34CCN1CC1CC1. The highest BCUT2D eigenvalue weighted by Gasteiger charge is 2.66. The zero-order valence-corrected chi connectivity index (χ0v) is 19.5. The highest BCUT2D eigenvalue weighted by Crippen LogP contribution is 2.65. The number of carbonyl (C=O) groups is 1. The summed E-state index contributed by atoms with van der Waals surface area (Å²) in [5.41, 5.74) is 3.15. The highest BCUT2D eigenvalue weighted by atomic mass is 16.5. The number of morpholine rings is 1. The molecule has 33 heavy (non-hydrogen) atoms. The van der Waals surface area contributed by atoms with Crippen LogP contribution >= 0.6 is 0 Å². The van der Waals surface area contributed by atoms with Gasteiger partial charge in [0.1, 0.15) is 6.10 Å². The molecule has 6 aliphatic rings. The molecule has 5 atom stereocenters. The molecule has 4 fully saturated rings. The molecule has 2 bridgehead atoms. The maximum atomic E-state index is 12.1. The van der Waals surface area contributed by atoms with E-state index in [1.54, 1.807) is 13.0 Å². The summed E-state index contributed by atoms with van der Waals surface area (Å²) in [6.07, 6.45) is 7.18. The largest absolute Gasteiger partial charge is 0.504 e. The van der Waals surface area contributed by atoms with Gasteiger partial charge in [0.05, 0.1) is 13.2 Å². The van der Waals surface area contributed by atoms with Gasteiger partial charge in [0.25, 0.3) is 0 Å². The number of anilines is 1. The number of hydrogen-bond acceptors (Lipinski definition) is 6. The average molecular weight is 454 g/mol. The quantitative estimate of drug-likeness (QED) is 0.730. The molecule has 178 valence electrons. The molecule has 7 rings (SSSR count). The Hall–Kier alpha value is -1.83. The van der Waals surface area contributed by atoms with E-state index in [-0.39, 0.29) is 23.2 Å². The van der Waals surface area contributed by atoms with Crippen LogP contribution < -0.4 is 10.1 Å². The van der Waals surface area contributed by atoms with Crippen molar-refractivity contribution in [2.75, 3.05) is 44.7 Å². The van der Waals surface area contributed by atoms with E-state index in [2.05, 4.69) is 15.1 Å². The lowest BCUT2D eigenvalue weighted by Gasteiger charge is -2.61. The number of amides is 1. The molecular formula is C26H35N3O4. The average Bonchev–Trinajstić information content (AvgIpc) is 3.55. The maximum absolute atomic E-state index is 12.1. The molecule has 2 saturated heterocycles. The number of phenolic OH excluding ortho intramolecular Hbond substituents is 1. The lowest BCUT2D eigenvalue weighted by Crippen LogP contribution is -2.69. The third kappa shape index (κ3) is 2.94. The van der Waals surface area contributed by atoms with Gasteiger partial charge < -0.3 is 19.9 Å². The highest BCUT2D eigenvalue weighted by molar-refractivity contribution is 5.91. The second-order valence-electron chi connectivity index (χ2n) is 11.2. The van der Waals surface area contributed by atoms with Crippen molar-refractivity contribution in [2.24, 2.45) is 11.8 Å². The third-order valence-corrected chi connectivity index (χ3v) is 9.54. The van der Waals surface area contributed by atoms with Gasteiger partial charge in [-0.1, -0.05) is 0 Å². The Morgan fingerprint density at radius 1 is 1.18 bits per heavy atom. The zero-order chi connectivity index (χ0) is 22.3. The van der Waals surface area contributed by atoms with Gasteiger partial charge in [0.2, 0.25) is 5.91 Å². The number of nitrogens with one attached hydrogen (secondary N) is 1. The van der Waals surface area contributed by atoms with E-state index >= 15 is 0 Å². The van der Waals surface area contributed by atoms with Crippen molar-refractivity contribution in [3.8, 4) is 11.5 Å². The Morgan fingerprint density at radius 2 is 2.00 bits per heavy atom. The van der Waals surface area contributed by atoms with Crippen molar-refractivity contribution in [2.45, 2.75) is 69.1 Å². The summed E-state index contributed by atoms with van der Waals surface area (Å²) >= 11 is 0. The second kappa shape index (κ2) is 7.33. The van der Waals surface area contributed by atoms with E-state index in [4.69, 9.17) is 9.47 Å². The smallest absolute Gasteiger partial charge is 0.221 e. The molecule has 3 aliphatic carbocycles. The lowest BCUT2D eigenvalue weighted by atomic mass is 9.50. The van der Waals surface area contributed by atoms with Crippen LogP contribution in [-0.2, 0) is 21.4 Å². The Bertz CT molecular complexity index is 988. The van der Waals surface area contributed by atoms with E-state index < -0.39 is 0 Å². The predicted molar refractivity (Wildman–Crippen MR) is 124 cm³/mol. The number of nitrogens with zero attached hydrogens (tertiary/aromatic N) is 2. The van der Waals surface area contributed by atoms with Gasteiger partial charge in [-0.15, -0.1) is 0 Å². The fraction of sp³-hybridized carbons (Fsp3) is 0.731. The summed E-state index contributed by atoms with van der Waals surface area (Å²) in [5.74, 6) is 2.21. The standard InChI is InChI=1S/C26H35N3O4/c1-15(30)27-19-13-22(31)24-23-17(19)12-21-18-4-5-20(28-8-10-32-11-9-28)25(33-24)26(18,23)6-7-29(21)14-16-2-3-16/h13,16,18,20-21,25,31H,2-12,14H2,1H3,(H,27,30)/t18-,20+,21+,25-,26-/m0/s1. The van der Waals surface area contributed by atoms with Crippen molar-refractivity contribution in [1.82, 2.24) is 9.80 Å². The minimum absolute atomic E-state index is 0.0625. The maximum Gasteiger partial charge on any atom is 0.221 e. The molecule has 7 heteroatoms. The molecule has 1 spiro atoms. The fourth-order valence-corrected chi connectivity index (χ4v) is 8.13. The normalized spacial score (nSPS) is 37.4. The molecule has 3 aliphatic heterocycles. The third-order valence-electron chi connectivity index (χ3n) is 9.54. The van der Waals surface area contributed by atoms with Crippen LogP contribution in [0, 0.1) is 11.8 Å². The number of aromatic hydroxyl groups is 1. The number of carbonyl (C=O) groups excluding carboxylic acids is 1. The Kier molecular flexibility index (Phi) is 4.56. The summed E-state index contributed by atoms with van der Waals surface area (Å²) in [7, 11) is 0. The Morgan fingerprint density at radius 3 is 2.76 bits per heavy atom. The van der Waals surface area contributed by atoms with E-state index in [1.165, 1.54) is 36.9 Å². The molecule has 1 amide bonds. The van der Waals surface area contributed by atoms with Gasteiger partial charge in [-0.05, 0) is 62.5 Å². The molecule has 1 aromatic carbocycles. The van der Waals surface area contributed by atoms with Gasteiger partial charge in [-0.25, -0.2) is 0 Å². The van der Waals surface area contributed by atoms with Crippen LogP contribution in [0.1, 0.15) is 50.2 Å². The van der Waals surface area contributed by atoms with Crippen LogP contribution in [-0.4, -0.2) is 78.4 Å². The molecule has 2 N–H and O–H groups in total. The number of hydrogen-bond donors (Lipinski definition) is 2. The summed E-state index contributed by atoms with van der Waals surface area (Å²) in [4.78, 5) is 17.4. The van der Waals surface area contributed by atoms with Gasteiger partial charge >= 0.3 is 0 Å². The number of likely N-dealkylation sites (tertiary alicyclic amines) is 1. The van der Waals surface area contributed by atoms with Crippen LogP contribution in [0.5, 0.6) is 11.5 Å². The van der Waals surface area contributed by atoms with Gasteiger partial charge in [0, 0.05) is 61.4 Å². The minimum Gasteiger partial charge on any atom is -0.504 e. The van der Waals surface area contributed by atoms with E-state index in [1.807, 2.05) is 0 Å². The summed E-state index contributed by atoms with van der Waals surface area (Å²) in [6, 6.07) is 2.57. The van der Waals surface area contributed by atoms with Gasteiger partial charge in [-0.2, -0.15) is 0 Å². The van der Waals surface area contributed by atoms with Crippen molar-refractivity contribution >= 4 is 11.6 Å². The topological polar surface area (TPSA) is 74.3 Å². The fourth-order valence-electron chi connectivity index (χ4n) is 8.13. The summed E-state index contributed by atoms with van der Waals surface area (Å²) < 4.78 is 12.5. The molecule has 0 aromatic heterocycles. The van der Waals surface area contributed by atoms with Crippen molar-refractivity contribution < 1.29 is 19.4 Å². The zero-order valence-electron chi connectivity index (χ0n) is 19.5. The van der Waals surface area contributed by atoms with Crippen molar-refractivity contribution in [1.29, 1.82) is 0 Å². The minimum atomic E-state index is -0.0875. The molecule has 7 nitrogen and oxygen atoms in total. The number of piperidine rings is 1. The molecule has 0 unspecified atom stereocenters. The van der Waals surface area contributed by atoms with Crippen LogP contribution in [0.25, 0.3) is 0 Å². The van der Waals surface area contributed by atoms with Crippen LogP contribution in [0.15, 0.2) is 6.07 Å². The number of ether oxygens (including phenoxy) is 2. The molecule has 0 radical (unpaired) electrons. The van der Waals surface area contributed by atoms with Gasteiger partial charge in [-0.3, -0.25) is 14.6 Å².